The van der Waals surface area contributed by atoms with Crippen molar-refractivity contribution >= 4 is 22.9 Å². The van der Waals surface area contributed by atoms with Gasteiger partial charge >= 0.3 is 0 Å². The normalized spacial score (nSPS) is 10.3. The number of hydrogen-bond acceptors (Lipinski definition) is 3. The van der Waals surface area contributed by atoms with Crippen molar-refractivity contribution in [1.82, 2.24) is 9.97 Å². The van der Waals surface area contributed by atoms with Crippen LogP contribution in [-0.2, 0) is 0 Å². The van der Waals surface area contributed by atoms with Crippen molar-refractivity contribution in [3.05, 3.63) is 22.7 Å². The van der Waals surface area contributed by atoms with E-state index in [-0.39, 0.29) is 0 Å². The molecule has 0 saturated carbocycles. The summed E-state index contributed by atoms with van der Waals surface area (Å²) in [6.07, 6.45) is 1.72. The standard InChI is InChI=1S/C8H7ClN2OS/c1-12-8-10-4-5(11-8)6-2-3-7(9)13-6/h2-4H,1H3,(H,10,11). The molecule has 0 spiro atoms. The van der Waals surface area contributed by atoms with E-state index in [1.54, 1.807) is 13.3 Å². The van der Waals surface area contributed by atoms with Gasteiger partial charge in [-0.25, -0.2) is 4.98 Å². The highest BCUT2D eigenvalue weighted by Gasteiger charge is 2.05. The van der Waals surface area contributed by atoms with Crippen LogP contribution in [0, 0.1) is 0 Å². The van der Waals surface area contributed by atoms with Gasteiger partial charge in [-0.1, -0.05) is 11.6 Å². The van der Waals surface area contributed by atoms with Gasteiger partial charge in [-0.15, -0.1) is 11.3 Å². The van der Waals surface area contributed by atoms with Crippen molar-refractivity contribution in [1.29, 1.82) is 0 Å². The third-order valence-electron chi connectivity index (χ3n) is 1.58. The number of thiophene rings is 1. The quantitative estimate of drug-likeness (QED) is 0.835. The smallest absolute Gasteiger partial charge is 0.293 e. The lowest BCUT2D eigenvalue weighted by Crippen LogP contribution is -1.82. The number of H-pyrrole nitrogens is 1. The fourth-order valence-corrected chi connectivity index (χ4v) is 2.00. The van der Waals surface area contributed by atoms with Crippen LogP contribution in [0.4, 0.5) is 0 Å². The van der Waals surface area contributed by atoms with E-state index >= 15 is 0 Å². The maximum absolute atomic E-state index is 5.80. The Bertz CT molecular complexity index is 410. The van der Waals surface area contributed by atoms with Gasteiger partial charge in [-0.3, -0.25) is 0 Å². The molecule has 2 aromatic heterocycles. The SMILES string of the molecule is COc1ncc(-c2ccc(Cl)s2)[nH]1. The molecule has 2 aromatic rings. The lowest BCUT2D eigenvalue weighted by Gasteiger charge is -1.90. The van der Waals surface area contributed by atoms with Gasteiger partial charge in [0.1, 0.15) is 0 Å². The van der Waals surface area contributed by atoms with Crippen molar-refractivity contribution in [3.63, 3.8) is 0 Å². The van der Waals surface area contributed by atoms with Gasteiger partial charge in [-0.05, 0) is 12.1 Å². The first-order valence-corrected chi connectivity index (χ1v) is 4.84. The number of nitrogens with one attached hydrogen (secondary N) is 1. The molecule has 2 rings (SSSR count). The highest BCUT2D eigenvalue weighted by molar-refractivity contribution is 7.19. The zero-order valence-corrected chi connectivity index (χ0v) is 8.45. The number of halogens is 1. The lowest BCUT2D eigenvalue weighted by atomic mass is 10.4. The minimum absolute atomic E-state index is 0.513. The van der Waals surface area contributed by atoms with E-state index < -0.39 is 0 Å². The van der Waals surface area contributed by atoms with Gasteiger partial charge in [0, 0.05) is 0 Å². The molecule has 0 aliphatic carbocycles. The van der Waals surface area contributed by atoms with Gasteiger partial charge < -0.3 is 9.72 Å². The molecular formula is C8H7ClN2OS. The molecule has 3 nitrogen and oxygen atoms in total. The molecule has 0 saturated heterocycles. The molecule has 0 unspecified atom stereocenters. The Morgan fingerprint density at radius 1 is 1.54 bits per heavy atom. The Kier molecular flexibility index (Phi) is 2.24. The first-order chi connectivity index (χ1) is 6.29. The molecule has 1 N–H and O–H groups in total. The second-order valence-electron chi connectivity index (χ2n) is 2.41. The minimum Gasteiger partial charge on any atom is -0.468 e. The summed E-state index contributed by atoms with van der Waals surface area (Å²) in [4.78, 5) is 8.07. The Labute approximate surface area is 84.3 Å². The van der Waals surface area contributed by atoms with Gasteiger partial charge in [0.15, 0.2) is 0 Å². The van der Waals surface area contributed by atoms with Crippen LogP contribution in [0.2, 0.25) is 4.34 Å². The average molecular weight is 215 g/mol. The maximum atomic E-state index is 5.80. The van der Waals surface area contributed by atoms with E-state index in [0.717, 1.165) is 14.9 Å². The fourth-order valence-electron chi connectivity index (χ4n) is 0.991. The van der Waals surface area contributed by atoms with Crippen molar-refractivity contribution in [2.24, 2.45) is 0 Å². The molecule has 0 bridgehead atoms. The molecular weight excluding hydrogens is 208 g/mol. The summed E-state index contributed by atoms with van der Waals surface area (Å²) in [6, 6.07) is 4.31. The molecule has 5 heteroatoms. The fraction of sp³-hybridized carbons (Fsp3) is 0.125. The number of rotatable bonds is 2. The number of methoxy groups -OCH3 is 1. The van der Waals surface area contributed by atoms with Crippen molar-refractivity contribution in [2.75, 3.05) is 7.11 Å². The zero-order valence-electron chi connectivity index (χ0n) is 6.87. The number of imidazole rings is 1. The number of aromatic amines is 1. The Morgan fingerprint density at radius 2 is 2.38 bits per heavy atom. The van der Waals surface area contributed by atoms with E-state index in [2.05, 4.69) is 9.97 Å². The van der Waals surface area contributed by atoms with Crippen LogP contribution in [0.25, 0.3) is 10.6 Å². The summed E-state index contributed by atoms with van der Waals surface area (Å²) in [5, 5.41) is 0. The van der Waals surface area contributed by atoms with Crippen molar-refractivity contribution in [2.45, 2.75) is 0 Å². The molecule has 0 atom stereocenters. The molecule has 0 fully saturated rings. The largest absolute Gasteiger partial charge is 0.468 e. The topological polar surface area (TPSA) is 37.9 Å². The molecule has 0 amide bonds. The summed E-state index contributed by atoms with van der Waals surface area (Å²) < 4.78 is 5.70. The summed E-state index contributed by atoms with van der Waals surface area (Å²) >= 11 is 7.31. The van der Waals surface area contributed by atoms with Crippen LogP contribution in [0.3, 0.4) is 0 Å². The van der Waals surface area contributed by atoms with Gasteiger partial charge in [0.05, 0.1) is 28.2 Å². The molecule has 68 valence electrons. The first-order valence-electron chi connectivity index (χ1n) is 3.64. The Morgan fingerprint density at radius 3 is 2.92 bits per heavy atom. The van der Waals surface area contributed by atoms with Gasteiger partial charge in [0.25, 0.3) is 6.01 Å². The molecule has 2 heterocycles. The first kappa shape index (κ1) is 8.59. The Hall–Kier alpha value is -1.00. The van der Waals surface area contributed by atoms with Crippen LogP contribution >= 0.6 is 22.9 Å². The molecule has 0 aromatic carbocycles. The molecule has 0 aliphatic heterocycles. The second-order valence-corrected chi connectivity index (χ2v) is 4.12. The maximum Gasteiger partial charge on any atom is 0.293 e. The number of aromatic nitrogens is 2. The summed E-state index contributed by atoms with van der Waals surface area (Å²) in [7, 11) is 1.57. The van der Waals surface area contributed by atoms with Crippen LogP contribution in [0.1, 0.15) is 0 Å². The van der Waals surface area contributed by atoms with E-state index in [9.17, 15) is 0 Å². The van der Waals surface area contributed by atoms with Gasteiger partial charge in [-0.2, -0.15) is 0 Å². The van der Waals surface area contributed by atoms with Crippen LogP contribution in [0.15, 0.2) is 18.3 Å². The molecule has 13 heavy (non-hydrogen) atoms. The molecule has 0 radical (unpaired) electrons. The third-order valence-corrected chi connectivity index (χ3v) is 2.85. The average Bonchev–Trinajstić information content (AvgIpc) is 2.71. The number of ether oxygens (including phenoxy) is 1. The third kappa shape index (κ3) is 1.68. The van der Waals surface area contributed by atoms with Crippen LogP contribution < -0.4 is 4.74 Å². The van der Waals surface area contributed by atoms with E-state index in [1.165, 1.54) is 11.3 Å². The molecule has 0 aliphatic rings. The summed E-state index contributed by atoms with van der Waals surface area (Å²) in [6.45, 7) is 0. The monoisotopic (exact) mass is 214 g/mol. The Balaban J connectivity index is 2.35. The highest BCUT2D eigenvalue weighted by atomic mass is 35.5. The highest BCUT2D eigenvalue weighted by Crippen LogP contribution is 2.30. The van der Waals surface area contributed by atoms with E-state index in [4.69, 9.17) is 16.3 Å². The number of hydrogen-bond donors (Lipinski definition) is 1. The van der Waals surface area contributed by atoms with Crippen LogP contribution in [0.5, 0.6) is 6.01 Å². The summed E-state index contributed by atoms with van der Waals surface area (Å²) in [5.74, 6) is 0. The number of nitrogens with zero attached hydrogens (tertiary/aromatic N) is 1. The van der Waals surface area contributed by atoms with E-state index in [0.29, 0.717) is 6.01 Å². The van der Waals surface area contributed by atoms with Crippen LogP contribution in [-0.4, -0.2) is 17.1 Å². The van der Waals surface area contributed by atoms with Crippen molar-refractivity contribution < 1.29 is 4.74 Å². The lowest BCUT2D eigenvalue weighted by molar-refractivity contribution is 0.384. The van der Waals surface area contributed by atoms with Gasteiger partial charge in [0.2, 0.25) is 0 Å². The van der Waals surface area contributed by atoms with E-state index in [1.807, 2.05) is 12.1 Å². The summed E-state index contributed by atoms with van der Waals surface area (Å²) in [5.41, 5.74) is 0.925. The second kappa shape index (κ2) is 3.40. The van der Waals surface area contributed by atoms with Crippen molar-refractivity contribution in [3.8, 4) is 16.6 Å². The predicted molar refractivity (Wildman–Crippen MR) is 53.5 cm³/mol. The predicted octanol–water partition coefficient (Wildman–Crippen LogP) is 2.80. The zero-order chi connectivity index (χ0) is 9.26. The minimum atomic E-state index is 0.513.